The molecule has 39 heavy (non-hydrogen) atoms. The van der Waals surface area contributed by atoms with E-state index in [0.29, 0.717) is 18.1 Å². The average molecular weight is 550 g/mol. The van der Waals surface area contributed by atoms with Crippen LogP contribution in [0.5, 0.6) is 0 Å². The number of hydrogen-bond acceptors (Lipinski definition) is 7. The van der Waals surface area contributed by atoms with Crippen LogP contribution < -0.4 is 0 Å². The van der Waals surface area contributed by atoms with Gasteiger partial charge in [0.05, 0.1) is 20.3 Å². The smallest absolute Gasteiger partial charge is 0.332 e. The number of carboxylic acid groups (broad SMARTS) is 1. The highest BCUT2D eigenvalue weighted by Gasteiger charge is 2.07. The minimum atomic E-state index is -0.981. The molecule has 2 N–H and O–H groups in total. The third kappa shape index (κ3) is 39.2. The van der Waals surface area contributed by atoms with Gasteiger partial charge in [-0.25, -0.2) is 14.4 Å². The van der Waals surface area contributed by atoms with Crippen LogP contribution in [0.4, 0.5) is 0 Å². The van der Waals surface area contributed by atoms with Gasteiger partial charge in [-0.15, -0.1) is 0 Å². The Morgan fingerprint density at radius 2 is 1.59 bits per heavy atom. The molecular weight excluding hydrogens is 498 g/mol. The summed E-state index contributed by atoms with van der Waals surface area (Å²) in [5.74, 6) is -1.12. The number of unbranched alkanes of at least 4 members (excludes halogenated alkanes) is 1. The topological polar surface area (TPSA) is 113 Å². The highest BCUT2D eigenvalue weighted by atomic mass is 16.5. The molecule has 0 saturated heterocycles. The van der Waals surface area contributed by atoms with Gasteiger partial charge >= 0.3 is 17.9 Å². The van der Waals surface area contributed by atoms with E-state index in [2.05, 4.69) is 44.9 Å². The van der Waals surface area contributed by atoms with Crippen LogP contribution in [0.25, 0.3) is 6.08 Å². The molecule has 8 heteroatoms. The molecule has 0 aliphatic heterocycles. The Bertz CT molecular complexity index is 789. The second-order valence-corrected chi connectivity index (χ2v) is 8.21. The van der Waals surface area contributed by atoms with Crippen LogP contribution in [0.3, 0.4) is 0 Å². The van der Waals surface area contributed by atoms with Gasteiger partial charge in [0.25, 0.3) is 0 Å². The number of carbonyl (C=O) groups is 3. The van der Waals surface area contributed by atoms with E-state index in [4.69, 9.17) is 14.9 Å². The normalized spacial score (nSPS) is 9.54. The van der Waals surface area contributed by atoms with Crippen LogP contribution >= 0.6 is 0 Å². The van der Waals surface area contributed by atoms with E-state index in [1.807, 2.05) is 55.4 Å². The number of ether oxygens (including phenoxy) is 2. The minimum Gasteiger partial charge on any atom is -0.478 e. The van der Waals surface area contributed by atoms with E-state index < -0.39 is 5.97 Å². The SMILES string of the molecule is C=C(C)C(=O)OC.C=CC(=O)O.C=CC(=O)OCC(CC)CCCC.C=Cc1ccccc1.CN(C)CCO. The molecular formula is C31H51NO7. The number of nitrogens with zero attached hydrogens (tertiary/aromatic N) is 1. The zero-order valence-corrected chi connectivity index (χ0v) is 24.9. The fourth-order valence-electron chi connectivity index (χ4n) is 2.12. The highest BCUT2D eigenvalue weighted by molar-refractivity contribution is 5.86. The Kier molecular flexibility index (Phi) is 35.5. The number of carboxylic acids is 1. The first-order valence-corrected chi connectivity index (χ1v) is 12.7. The van der Waals surface area contributed by atoms with Crippen molar-refractivity contribution >= 4 is 24.0 Å². The first kappa shape index (κ1) is 42.6. The summed E-state index contributed by atoms with van der Waals surface area (Å²) in [5, 5.41) is 15.8. The first-order chi connectivity index (χ1) is 18.4. The largest absolute Gasteiger partial charge is 0.478 e. The Balaban J connectivity index is -0.000000206. The summed E-state index contributed by atoms with van der Waals surface area (Å²) in [6.45, 7) is 20.8. The van der Waals surface area contributed by atoms with Gasteiger partial charge in [0.15, 0.2) is 0 Å². The number of likely N-dealkylation sites (N-methyl/N-ethyl adjacent to an activating group) is 1. The second kappa shape index (κ2) is 32.5. The molecule has 1 unspecified atom stereocenters. The number of esters is 2. The molecule has 0 aromatic heterocycles. The van der Waals surface area contributed by atoms with Gasteiger partial charge in [-0.1, -0.05) is 95.8 Å². The lowest BCUT2D eigenvalue weighted by molar-refractivity contribution is -0.139. The van der Waals surface area contributed by atoms with Gasteiger partial charge < -0.3 is 24.6 Å². The number of rotatable bonds is 12. The van der Waals surface area contributed by atoms with Gasteiger partial charge in [0, 0.05) is 24.3 Å². The number of aliphatic hydroxyl groups is 1. The number of benzene rings is 1. The third-order valence-electron chi connectivity index (χ3n) is 4.46. The Hall–Kier alpha value is -3.49. The van der Waals surface area contributed by atoms with Gasteiger partial charge in [-0.3, -0.25) is 0 Å². The van der Waals surface area contributed by atoms with Crippen molar-refractivity contribution in [1.29, 1.82) is 0 Å². The van der Waals surface area contributed by atoms with Gasteiger partial charge in [0.2, 0.25) is 0 Å². The van der Waals surface area contributed by atoms with Crippen LogP contribution in [-0.4, -0.2) is 74.0 Å². The van der Waals surface area contributed by atoms with Crippen LogP contribution in [0.15, 0.2) is 74.4 Å². The summed E-state index contributed by atoms with van der Waals surface area (Å²) < 4.78 is 9.26. The molecule has 0 aliphatic rings. The maximum absolute atomic E-state index is 10.8. The van der Waals surface area contributed by atoms with E-state index in [1.165, 1.54) is 31.6 Å². The van der Waals surface area contributed by atoms with E-state index in [0.717, 1.165) is 25.5 Å². The monoisotopic (exact) mass is 549 g/mol. The van der Waals surface area contributed by atoms with Crippen molar-refractivity contribution < 1.29 is 34.1 Å². The van der Waals surface area contributed by atoms with Crippen LogP contribution in [0.2, 0.25) is 0 Å². The number of aliphatic hydroxyl groups excluding tert-OH is 1. The summed E-state index contributed by atoms with van der Waals surface area (Å²) in [5.41, 5.74) is 1.61. The summed E-state index contributed by atoms with van der Waals surface area (Å²) in [6, 6.07) is 10.0. The van der Waals surface area contributed by atoms with Gasteiger partial charge in [-0.2, -0.15) is 0 Å². The Labute approximate surface area is 236 Å². The summed E-state index contributed by atoms with van der Waals surface area (Å²) in [4.78, 5) is 32.1. The lowest BCUT2D eigenvalue weighted by atomic mass is 10.0. The van der Waals surface area contributed by atoms with Gasteiger partial charge in [0.1, 0.15) is 0 Å². The molecule has 0 fully saturated rings. The zero-order valence-electron chi connectivity index (χ0n) is 24.9. The third-order valence-corrected chi connectivity index (χ3v) is 4.46. The van der Waals surface area contributed by atoms with E-state index in [-0.39, 0.29) is 18.5 Å². The van der Waals surface area contributed by atoms with Crippen LogP contribution in [0.1, 0.15) is 52.0 Å². The predicted octanol–water partition coefficient (Wildman–Crippen LogP) is 5.79. The molecule has 0 heterocycles. The summed E-state index contributed by atoms with van der Waals surface area (Å²) in [7, 11) is 5.18. The van der Waals surface area contributed by atoms with E-state index in [9.17, 15) is 14.4 Å². The highest BCUT2D eigenvalue weighted by Crippen LogP contribution is 2.12. The Morgan fingerprint density at radius 1 is 1.05 bits per heavy atom. The van der Waals surface area contributed by atoms with Crippen LogP contribution in [0, 0.1) is 5.92 Å². The molecule has 1 rings (SSSR count). The van der Waals surface area contributed by atoms with Crippen molar-refractivity contribution in [3.63, 3.8) is 0 Å². The summed E-state index contributed by atoms with van der Waals surface area (Å²) >= 11 is 0. The fraction of sp³-hybridized carbons (Fsp3) is 0.452. The van der Waals surface area contributed by atoms with Crippen molar-refractivity contribution in [2.24, 2.45) is 5.92 Å². The molecule has 1 atom stereocenters. The molecule has 8 nitrogen and oxygen atoms in total. The minimum absolute atomic E-state index is 0.257. The lowest BCUT2D eigenvalue weighted by Crippen LogP contribution is -2.15. The molecule has 0 radical (unpaired) electrons. The average Bonchev–Trinajstić information content (AvgIpc) is 2.94. The molecule has 0 saturated carbocycles. The standard InChI is InChI=1S/C11H20O2.C8H8.C5H8O2.C4H11NO.C3H4O2/c1-4-7-8-10(5-2)9-13-11(12)6-3;1-2-8-6-4-3-5-7-8;1-4(2)5(6)7-3;1-5(2)3-4-6;1-2-3(4)5/h6,10H,3-5,7-9H2,1-2H3;2-7H,1H2;1H2,2-3H3;6H,3-4H2,1-2H3;2H,1H2,(H,4,5). The maximum Gasteiger partial charge on any atom is 0.332 e. The molecule has 0 bridgehead atoms. The maximum atomic E-state index is 10.8. The molecule has 1 aromatic rings. The zero-order chi connectivity index (χ0) is 31.1. The first-order valence-electron chi connectivity index (χ1n) is 12.7. The lowest BCUT2D eigenvalue weighted by Gasteiger charge is -2.13. The Morgan fingerprint density at radius 3 is 1.82 bits per heavy atom. The summed E-state index contributed by atoms with van der Waals surface area (Å²) in [6.07, 6.45) is 8.52. The van der Waals surface area contributed by atoms with Crippen molar-refractivity contribution in [1.82, 2.24) is 4.90 Å². The number of carbonyl (C=O) groups excluding carboxylic acids is 2. The predicted molar refractivity (Wildman–Crippen MR) is 161 cm³/mol. The second-order valence-electron chi connectivity index (χ2n) is 8.21. The quantitative estimate of drug-likeness (QED) is 0.249. The van der Waals surface area contributed by atoms with Crippen LogP contribution in [-0.2, 0) is 23.9 Å². The number of hydrogen-bond donors (Lipinski definition) is 2. The molecule has 0 aliphatic carbocycles. The molecule has 1 aromatic carbocycles. The van der Waals surface area contributed by atoms with E-state index in [1.54, 1.807) is 6.92 Å². The molecule has 222 valence electrons. The van der Waals surface area contributed by atoms with E-state index >= 15 is 0 Å². The van der Waals surface area contributed by atoms with Crippen molar-refractivity contribution in [2.75, 3.05) is 41.0 Å². The number of methoxy groups -OCH3 is 1. The van der Waals surface area contributed by atoms with Crippen molar-refractivity contribution in [3.05, 3.63) is 79.9 Å². The molecule has 0 amide bonds. The van der Waals surface area contributed by atoms with Gasteiger partial charge in [-0.05, 0) is 38.9 Å². The van der Waals surface area contributed by atoms with Crippen molar-refractivity contribution in [2.45, 2.75) is 46.5 Å². The number of aliphatic carboxylic acids is 1. The van der Waals surface area contributed by atoms with Crippen molar-refractivity contribution in [3.8, 4) is 0 Å². The fourth-order valence-corrected chi connectivity index (χ4v) is 2.12. The molecule has 0 spiro atoms.